The van der Waals surface area contributed by atoms with Crippen molar-refractivity contribution in [3.63, 3.8) is 0 Å². The third-order valence-corrected chi connectivity index (χ3v) is 4.50. The molecule has 0 aromatic heterocycles. The second-order valence-electron chi connectivity index (χ2n) is 6.62. The van der Waals surface area contributed by atoms with Gasteiger partial charge in [-0.25, -0.2) is 0 Å². The van der Waals surface area contributed by atoms with E-state index in [1.54, 1.807) is 0 Å². The van der Waals surface area contributed by atoms with Gasteiger partial charge in [-0.2, -0.15) is 0 Å². The summed E-state index contributed by atoms with van der Waals surface area (Å²) in [5.41, 5.74) is 1.87. The minimum atomic E-state index is -0.583. The maximum absolute atomic E-state index is 10.9. The Morgan fingerprint density at radius 3 is 2.16 bits per heavy atom. The van der Waals surface area contributed by atoms with Gasteiger partial charge in [-0.15, -0.1) is 0 Å². The van der Waals surface area contributed by atoms with Gasteiger partial charge in [0.1, 0.15) is 6.04 Å². The molecular weight excluding hydrogens is 349 g/mol. The summed E-state index contributed by atoms with van der Waals surface area (Å²) in [7, 11) is 6.63. The van der Waals surface area contributed by atoms with E-state index in [4.69, 9.17) is 0 Å². The van der Waals surface area contributed by atoms with Gasteiger partial charge in [-0.1, -0.05) is 37.1 Å². The SMILES string of the molecule is C[C@H](c1ccccc1C1(O)CCCC1)[N+](C)(C)C.[I-]. The number of hydrogen-bond acceptors (Lipinski definition) is 1. The van der Waals surface area contributed by atoms with Gasteiger partial charge >= 0.3 is 0 Å². The van der Waals surface area contributed by atoms with Crippen molar-refractivity contribution >= 4 is 0 Å². The summed E-state index contributed by atoms with van der Waals surface area (Å²) in [6, 6.07) is 8.83. The Bertz CT molecular complexity index is 419. The first kappa shape index (κ1) is 16.9. The van der Waals surface area contributed by atoms with E-state index in [0.717, 1.165) is 35.7 Å². The average molecular weight is 375 g/mol. The van der Waals surface area contributed by atoms with Gasteiger partial charge in [0, 0.05) is 5.56 Å². The highest BCUT2D eigenvalue weighted by atomic mass is 127. The quantitative estimate of drug-likeness (QED) is 0.592. The van der Waals surface area contributed by atoms with E-state index in [0.29, 0.717) is 6.04 Å². The van der Waals surface area contributed by atoms with E-state index < -0.39 is 5.60 Å². The number of rotatable bonds is 3. The molecule has 1 aliphatic carbocycles. The summed E-state index contributed by atoms with van der Waals surface area (Å²) in [6.07, 6.45) is 4.11. The van der Waals surface area contributed by atoms with Crippen LogP contribution in [0.2, 0.25) is 0 Å². The Morgan fingerprint density at radius 2 is 1.63 bits per heavy atom. The number of hydrogen-bond donors (Lipinski definition) is 1. The molecule has 2 rings (SSSR count). The zero-order valence-electron chi connectivity index (χ0n) is 12.5. The molecule has 0 radical (unpaired) electrons. The summed E-state index contributed by atoms with van der Waals surface area (Å²) in [4.78, 5) is 0. The second-order valence-corrected chi connectivity index (χ2v) is 6.62. The molecule has 0 unspecified atom stereocenters. The van der Waals surface area contributed by atoms with E-state index >= 15 is 0 Å². The molecule has 1 aromatic rings. The molecule has 1 atom stereocenters. The van der Waals surface area contributed by atoms with Crippen LogP contribution in [0, 0.1) is 0 Å². The van der Waals surface area contributed by atoms with Crippen molar-refractivity contribution in [2.24, 2.45) is 0 Å². The van der Waals surface area contributed by atoms with Crippen molar-refractivity contribution in [2.75, 3.05) is 21.1 Å². The standard InChI is InChI=1S/C16H26NO.HI/c1-13(17(2,3)4)14-9-5-6-10-15(14)16(18)11-7-8-12-16;/h5-6,9-10,13,18H,7-8,11-12H2,1-4H3;1H/q+1;/p-1/t13-;/m1./s1. The van der Waals surface area contributed by atoms with E-state index in [-0.39, 0.29) is 24.0 Å². The second kappa shape index (κ2) is 6.10. The molecule has 0 aliphatic heterocycles. The Labute approximate surface area is 134 Å². The van der Waals surface area contributed by atoms with Crippen LogP contribution in [0.25, 0.3) is 0 Å². The van der Waals surface area contributed by atoms with Crippen LogP contribution in [-0.4, -0.2) is 30.7 Å². The molecule has 1 N–H and O–H groups in total. The molecule has 0 saturated heterocycles. The van der Waals surface area contributed by atoms with Gasteiger partial charge in [0.2, 0.25) is 0 Å². The summed E-state index contributed by atoms with van der Waals surface area (Å²) < 4.78 is 0.882. The molecule has 1 fully saturated rings. The first-order valence-electron chi connectivity index (χ1n) is 6.97. The molecule has 3 heteroatoms. The molecule has 19 heavy (non-hydrogen) atoms. The van der Waals surface area contributed by atoms with E-state index in [1.165, 1.54) is 5.56 Å². The molecule has 1 aromatic carbocycles. The highest BCUT2D eigenvalue weighted by Gasteiger charge is 2.37. The lowest BCUT2D eigenvalue weighted by atomic mass is 9.85. The molecule has 108 valence electrons. The minimum Gasteiger partial charge on any atom is -1.00 e. The van der Waals surface area contributed by atoms with Crippen molar-refractivity contribution in [1.29, 1.82) is 0 Å². The Balaban J connectivity index is 0.00000180. The number of quaternary nitrogens is 1. The molecular formula is C16H26INO. The van der Waals surface area contributed by atoms with Crippen LogP contribution < -0.4 is 24.0 Å². The van der Waals surface area contributed by atoms with Gasteiger partial charge in [-0.3, -0.25) is 0 Å². The maximum Gasteiger partial charge on any atom is 0.112 e. The summed E-state index contributed by atoms with van der Waals surface area (Å²) in [6.45, 7) is 2.25. The van der Waals surface area contributed by atoms with Crippen molar-refractivity contribution in [2.45, 2.75) is 44.2 Å². The lowest BCUT2D eigenvalue weighted by molar-refractivity contribution is -0.900. The molecule has 0 bridgehead atoms. The fourth-order valence-electron chi connectivity index (χ4n) is 2.93. The van der Waals surface area contributed by atoms with Crippen LogP contribution in [0.4, 0.5) is 0 Å². The normalized spacial score (nSPS) is 19.8. The number of benzene rings is 1. The van der Waals surface area contributed by atoms with E-state index in [1.807, 2.05) is 0 Å². The smallest absolute Gasteiger partial charge is 0.112 e. The van der Waals surface area contributed by atoms with Gasteiger partial charge in [0.15, 0.2) is 0 Å². The van der Waals surface area contributed by atoms with Crippen molar-refractivity contribution in [3.8, 4) is 0 Å². The van der Waals surface area contributed by atoms with Crippen LogP contribution in [0.15, 0.2) is 24.3 Å². The lowest BCUT2D eigenvalue weighted by Gasteiger charge is -2.35. The Morgan fingerprint density at radius 1 is 1.11 bits per heavy atom. The predicted molar refractivity (Wildman–Crippen MR) is 75.3 cm³/mol. The Hall–Kier alpha value is -0.130. The molecule has 1 aliphatic rings. The fraction of sp³-hybridized carbons (Fsp3) is 0.625. The first-order valence-corrected chi connectivity index (χ1v) is 6.97. The molecule has 1 saturated carbocycles. The lowest BCUT2D eigenvalue weighted by Crippen LogP contribution is -3.00. The summed E-state index contributed by atoms with van der Waals surface area (Å²) in [5.74, 6) is 0. The maximum atomic E-state index is 10.9. The molecule has 0 amide bonds. The number of halogens is 1. The number of nitrogens with zero attached hydrogens (tertiary/aromatic N) is 1. The van der Waals surface area contributed by atoms with Crippen molar-refractivity contribution in [1.82, 2.24) is 0 Å². The fourth-order valence-corrected chi connectivity index (χ4v) is 2.93. The van der Waals surface area contributed by atoms with Crippen LogP contribution in [0.3, 0.4) is 0 Å². The minimum absolute atomic E-state index is 0. The zero-order valence-corrected chi connectivity index (χ0v) is 14.6. The van der Waals surface area contributed by atoms with Crippen LogP contribution in [0.1, 0.15) is 49.8 Å². The predicted octanol–water partition coefficient (Wildman–Crippen LogP) is 0.219. The summed E-state index contributed by atoms with van der Waals surface area (Å²) in [5, 5.41) is 10.9. The summed E-state index contributed by atoms with van der Waals surface area (Å²) >= 11 is 0. The van der Waals surface area contributed by atoms with E-state index in [2.05, 4.69) is 52.3 Å². The Kier molecular flexibility index (Phi) is 5.43. The zero-order chi connectivity index (χ0) is 13.4. The van der Waals surface area contributed by atoms with Gasteiger partial charge in [0.05, 0.1) is 26.7 Å². The number of aliphatic hydroxyl groups is 1. The van der Waals surface area contributed by atoms with Crippen LogP contribution in [-0.2, 0) is 5.60 Å². The molecule has 2 nitrogen and oxygen atoms in total. The van der Waals surface area contributed by atoms with Crippen molar-refractivity contribution in [3.05, 3.63) is 35.4 Å². The highest BCUT2D eigenvalue weighted by molar-refractivity contribution is 5.34. The third-order valence-electron chi connectivity index (χ3n) is 4.50. The first-order chi connectivity index (χ1) is 8.34. The monoisotopic (exact) mass is 375 g/mol. The highest BCUT2D eigenvalue weighted by Crippen LogP contribution is 2.42. The van der Waals surface area contributed by atoms with Crippen LogP contribution in [0.5, 0.6) is 0 Å². The van der Waals surface area contributed by atoms with E-state index in [9.17, 15) is 5.11 Å². The molecule has 0 spiro atoms. The third kappa shape index (κ3) is 3.50. The van der Waals surface area contributed by atoms with Crippen LogP contribution >= 0.6 is 0 Å². The average Bonchev–Trinajstić information content (AvgIpc) is 2.75. The molecule has 0 heterocycles. The topological polar surface area (TPSA) is 20.2 Å². The van der Waals surface area contributed by atoms with Gasteiger partial charge in [0.25, 0.3) is 0 Å². The van der Waals surface area contributed by atoms with Gasteiger partial charge < -0.3 is 33.6 Å². The largest absolute Gasteiger partial charge is 1.00 e. The van der Waals surface area contributed by atoms with Crippen molar-refractivity contribution < 1.29 is 33.6 Å². The van der Waals surface area contributed by atoms with Gasteiger partial charge in [-0.05, 0) is 25.3 Å².